The van der Waals surface area contributed by atoms with Crippen LogP contribution in [0.1, 0.15) is 63.4 Å². The van der Waals surface area contributed by atoms with E-state index < -0.39 is 17.3 Å². The van der Waals surface area contributed by atoms with Gasteiger partial charge in [-0.25, -0.2) is 9.59 Å². The smallest absolute Gasteiger partial charge is 0.419 e. The van der Waals surface area contributed by atoms with Crippen molar-refractivity contribution in [2.45, 2.75) is 58.7 Å². The highest BCUT2D eigenvalue weighted by Crippen LogP contribution is 2.39. The first kappa shape index (κ1) is 25.1. The average molecular weight is 502 g/mol. The maximum absolute atomic E-state index is 13.0. The number of rotatable bonds is 1. The minimum absolute atomic E-state index is 0.0152. The van der Waals surface area contributed by atoms with Crippen molar-refractivity contribution in [1.82, 2.24) is 14.8 Å². The summed E-state index contributed by atoms with van der Waals surface area (Å²) >= 11 is 6.46. The van der Waals surface area contributed by atoms with E-state index in [1.807, 2.05) is 32.9 Å². The lowest BCUT2D eigenvalue weighted by atomic mass is 9.86. The molecule has 0 spiro atoms. The summed E-state index contributed by atoms with van der Waals surface area (Å²) in [6, 6.07) is 7.13. The minimum Gasteiger partial charge on any atom is -0.444 e. The number of nitrogens with zero attached hydrogens (tertiary/aromatic N) is 2. The molecule has 0 radical (unpaired) electrons. The Labute approximate surface area is 210 Å². The lowest BCUT2D eigenvalue weighted by Crippen LogP contribution is -2.36. The van der Waals surface area contributed by atoms with Crippen molar-refractivity contribution in [2.24, 2.45) is 5.92 Å². The van der Waals surface area contributed by atoms with Crippen LogP contribution in [0.15, 0.2) is 30.5 Å². The molecule has 3 heterocycles. The van der Waals surface area contributed by atoms with Gasteiger partial charge in [0.15, 0.2) is 0 Å². The standard InChI is InChI=1S/C26H32ClN3O5/c1-25(2,3)34-23(32)29-13-16-12-28-22(31)18-11-15(7-8-17(18)19(16)14-29)21-20(27)9-10-30(21)24(33)35-26(4,5)6/h7-11,16,19H,12-14H2,1-6H3,(H,28,31)/t16-,19-/m1/s1. The fraction of sp³-hybridized carbons (Fsp3) is 0.500. The molecule has 2 aliphatic heterocycles. The van der Waals surface area contributed by atoms with Crippen LogP contribution >= 0.6 is 11.6 Å². The van der Waals surface area contributed by atoms with E-state index in [4.69, 9.17) is 21.1 Å². The van der Waals surface area contributed by atoms with Gasteiger partial charge in [0, 0.05) is 48.8 Å². The Balaban J connectivity index is 1.67. The lowest BCUT2D eigenvalue weighted by Gasteiger charge is -2.24. The molecular formula is C26H32ClN3O5. The van der Waals surface area contributed by atoms with Gasteiger partial charge in [-0.05, 0) is 59.2 Å². The molecule has 1 fully saturated rings. The summed E-state index contributed by atoms with van der Waals surface area (Å²) in [4.78, 5) is 40.2. The molecule has 0 aliphatic carbocycles. The third kappa shape index (κ3) is 5.32. The van der Waals surface area contributed by atoms with Gasteiger partial charge in [0.1, 0.15) is 11.2 Å². The molecule has 0 saturated carbocycles. The fourth-order valence-electron chi connectivity index (χ4n) is 4.60. The van der Waals surface area contributed by atoms with Crippen LogP contribution in [0.3, 0.4) is 0 Å². The van der Waals surface area contributed by atoms with Crippen molar-refractivity contribution in [1.29, 1.82) is 0 Å². The van der Waals surface area contributed by atoms with Crippen LogP contribution in [0.4, 0.5) is 9.59 Å². The molecule has 1 aromatic carbocycles. The molecule has 1 aromatic heterocycles. The maximum Gasteiger partial charge on any atom is 0.419 e. The number of amides is 2. The Morgan fingerprint density at radius 2 is 1.66 bits per heavy atom. The number of aromatic nitrogens is 1. The first-order valence-corrected chi connectivity index (χ1v) is 12.1. The number of benzene rings is 1. The first-order chi connectivity index (χ1) is 16.2. The molecule has 8 nitrogen and oxygen atoms in total. The van der Waals surface area contributed by atoms with E-state index in [-0.39, 0.29) is 23.8 Å². The number of ether oxygens (including phenoxy) is 2. The SMILES string of the molecule is CC(C)(C)OC(=O)N1C[C@H]2CNC(=O)c3cc(-c4c(Cl)ccn4C(=O)OC(C)(C)C)ccc3[C@@H]2C1. The molecule has 4 rings (SSSR count). The van der Waals surface area contributed by atoms with E-state index in [2.05, 4.69) is 5.32 Å². The molecular weight excluding hydrogens is 470 g/mol. The van der Waals surface area contributed by atoms with Gasteiger partial charge >= 0.3 is 12.2 Å². The quantitative estimate of drug-likeness (QED) is 0.573. The normalized spacial score (nSPS) is 20.0. The summed E-state index contributed by atoms with van der Waals surface area (Å²) in [6.07, 6.45) is 0.656. The third-order valence-corrected chi connectivity index (χ3v) is 6.32. The average Bonchev–Trinajstić information content (AvgIpc) is 3.30. The Hall–Kier alpha value is -3.00. The van der Waals surface area contributed by atoms with E-state index in [0.29, 0.717) is 41.5 Å². The molecule has 35 heavy (non-hydrogen) atoms. The van der Waals surface area contributed by atoms with Crippen molar-refractivity contribution < 1.29 is 23.9 Å². The highest BCUT2D eigenvalue weighted by molar-refractivity contribution is 6.33. The molecule has 2 amide bonds. The summed E-state index contributed by atoms with van der Waals surface area (Å²) in [5.74, 6) is -0.127. The maximum atomic E-state index is 13.0. The number of hydrogen-bond acceptors (Lipinski definition) is 5. The van der Waals surface area contributed by atoms with Gasteiger partial charge in [-0.1, -0.05) is 23.7 Å². The molecule has 2 aliphatic rings. The van der Waals surface area contributed by atoms with Crippen molar-refractivity contribution >= 4 is 29.7 Å². The number of nitrogens with one attached hydrogen (secondary N) is 1. The van der Waals surface area contributed by atoms with E-state index in [1.54, 1.807) is 44.0 Å². The van der Waals surface area contributed by atoms with E-state index in [1.165, 1.54) is 4.57 Å². The van der Waals surface area contributed by atoms with Crippen molar-refractivity contribution in [3.63, 3.8) is 0 Å². The number of carbonyl (C=O) groups excluding carboxylic acids is 3. The molecule has 0 bridgehead atoms. The van der Waals surface area contributed by atoms with Crippen LogP contribution < -0.4 is 5.32 Å². The van der Waals surface area contributed by atoms with Gasteiger partial charge in [-0.2, -0.15) is 0 Å². The number of halogens is 1. The van der Waals surface area contributed by atoms with E-state index in [9.17, 15) is 14.4 Å². The van der Waals surface area contributed by atoms with Crippen LogP contribution in [0.25, 0.3) is 11.3 Å². The van der Waals surface area contributed by atoms with Gasteiger partial charge in [-0.15, -0.1) is 0 Å². The second-order valence-electron chi connectivity index (χ2n) is 11.1. The highest BCUT2D eigenvalue weighted by Gasteiger charge is 2.41. The van der Waals surface area contributed by atoms with Crippen molar-refractivity contribution in [3.8, 4) is 11.3 Å². The number of likely N-dealkylation sites (tertiary alicyclic amines) is 1. The zero-order valence-corrected chi connectivity index (χ0v) is 21.7. The number of fused-ring (bicyclic) bond motifs is 3. The monoisotopic (exact) mass is 501 g/mol. The highest BCUT2D eigenvalue weighted by atomic mass is 35.5. The predicted octanol–water partition coefficient (Wildman–Crippen LogP) is 5.29. The molecule has 1 N–H and O–H groups in total. The molecule has 0 unspecified atom stereocenters. The van der Waals surface area contributed by atoms with Gasteiger partial charge in [0.05, 0.1) is 10.7 Å². The largest absolute Gasteiger partial charge is 0.444 e. The Bertz CT molecular complexity index is 1170. The van der Waals surface area contributed by atoms with Gasteiger partial charge in [0.2, 0.25) is 0 Å². The first-order valence-electron chi connectivity index (χ1n) is 11.7. The van der Waals surface area contributed by atoms with Gasteiger partial charge < -0.3 is 19.7 Å². The topological polar surface area (TPSA) is 89.9 Å². The Morgan fingerprint density at radius 1 is 1.00 bits per heavy atom. The van der Waals surface area contributed by atoms with E-state index >= 15 is 0 Å². The van der Waals surface area contributed by atoms with Crippen LogP contribution in [0.5, 0.6) is 0 Å². The number of hydrogen-bond donors (Lipinski definition) is 1. The zero-order valence-electron chi connectivity index (χ0n) is 21.0. The Kier molecular flexibility index (Phi) is 6.38. The molecule has 9 heteroatoms. The number of carbonyl (C=O) groups is 3. The summed E-state index contributed by atoms with van der Waals surface area (Å²) in [5, 5.41) is 3.36. The van der Waals surface area contributed by atoms with Gasteiger partial charge in [0.25, 0.3) is 5.91 Å². The van der Waals surface area contributed by atoms with Gasteiger partial charge in [-0.3, -0.25) is 9.36 Å². The van der Waals surface area contributed by atoms with Crippen LogP contribution in [-0.2, 0) is 9.47 Å². The van der Waals surface area contributed by atoms with E-state index in [0.717, 1.165) is 5.56 Å². The van der Waals surface area contributed by atoms with Crippen LogP contribution in [0.2, 0.25) is 5.02 Å². The second-order valence-corrected chi connectivity index (χ2v) is 11.5. The summed E-state index contributed by atoms with van der Waals surface area (Å²) in [5.41, 5.74) is 1.21. The molecule has 2 aromatic rings. The van der Waals surface area contributed by atoms with Crippen molar-refractivity contribution in [2.75, 3.05) is 19.6 Å². The van der Waals surface area contributed by atoms with Crippen LogP contribution in [0, 0.1) is 5.92 Å². The fourth-order valence-corrected chi connectivity index (χ4v) is 4.85. The predicted molar refractivity (Wildman–Crippen MR) is 133 cm³/mol. The Morgan fingerprint density at radius 3 is 2.31 bits per heavy atom. The van der Waals surface area contributed by atoms with Crippen LogP contribution in [-0.4, -0.2) is 58.4 Å². The summed E-state index contributed by atoms with van der Waals surface area (Å²) < 4.78 is 12.4. The second kappa shape index (κ2) is 8.90. The molecule has 1 saturated heterocycles. The molecule has 2 atom stereocenters. The van der Waals surface area contributed by atoms with Crippen molar-refractivity contribution in [3.05, 3.63) is 46.6 Å². The zero-order chi connectivity index (χ0) is 25.7. The third-order valence-electron chi connectivity index (χ3n) is 6.02. The summed E-state index contributed by atoms with van der Waals surface area (Å²) in [7, 11) is 0. The minimum atomic E-state index is -0.670. The lowest BCUT2D eigenvalue weighted by molar-refractivity contribution is 0.0286. The molecule has 188 valence electrons. The summed E-state index contributed by atoms with van der Waals surface area (Å²) in [6.45, 7) is 12.3.